The van der Waals surface area contributed by atoms with Gasteiger partial charge in [0.2, 0.25) is 0 Å². The molecular formula is C19H22F3N3O. The lowest BCUT2D eigenvalue weighted by Crippen LogP contribution is -2.38. The number of nitrogens with zero attached hydrogens (tertiary/aromatic N) is 3. The Hall–Kier alpha value is -2.15. The minimum atomic E-state index is -4.38. The first-order valence-electron chi connectivity index (χ1n) is 8.82. The van der Waals surface area contributed by atoms with E-state index in [0.29, 0.717) is 18.7 Å². The number of Topliss-reactive ketones (excluding diaryl/α,β-unsaturated/α-hetero) is 1. The highest BCUT2D eigenvalue weighted by Crippen LogP contribution is 2.30. The first-order chi connectivity index (χ1) is 12.4. The van der Waals surface area contributed by atoms with Crippen LogP contribution in [-0.4, -0.2) is 33.3 Å². The van der Waals surface area contributed by atoms with Gasteiger partial charge in [0.1, 0.15) is 5.82 Å². The number of imidazole rings is 1. The molecule has 4 nitrogen and oxygen atoms in total. The highest BCUT2D eigenvalue weighted by atomic mass is 19.4. The SMILES string of the molecule is CCn1ccnc1CN1CCCC(C(=O)c2ccc(C(F)(F)F)cc2)C1. The average Bonchev–Trinajstić information content (AvgIpc) is 3.08. The number of hydrogen-bond donors (Lipinski definition) is 0. The maximum absolute atomic E-state index is 12.7. The summed E-state index contributed by atoms with van der Waals surface area (Å²) in [4.78, 5) is 19.3. The van der Waals surface area contributed by atoms with Crippen molar-refractivity contribution in [2.45, 2.75) is 39.0 Å². The Labute approximate surface area is 150 Å². The molecule has 0 aliphatic carbocycles. The lowest BCUT2D eigenvalue weighted by atomic mass is 9.89. The molecule has 26 heavy (non-hydrogen) atoms. The fraction of sp³-hybridized carbons (Fsp3) is 0.474. The van der Waals surface area contributed by atoms with Crippen molar-refractivity contribution in [1.29, 1.82) is 0 Å². The van der Waals surface area contributed by atoms with Gasteiger partial charge in [0, 0.05) is 37.0 Å². The van der Waals surface area contributed by atoms with Crippen LogP contribution in [0.15, 0.2) is 36.7 Å². The minimum absolute atomic E-state index is 0.0812. The van der Waals surface area contributed by atoms with Crippen LogP contribution in [0, 0.1) is 5.92 Å². The van der Waals surface area contributed by atoms with Crippen LogP contribution in [0.2, 0.25) is 0 Å². The quantitative estimate of drug-likeness (QED) is 0.752. The molecule has 2 heterocycles. The Morgan fingerprint density at radius 3 is 2.65 bits per heavy atom. The summed E-state index contributed by atoms with van der Waals surface area (Å²) in [6.07, 6.45) is 0.977. The number of likely N-dealkylation sites (tertiary alicyclic amines) is 1. The summed E-state index contributed by atoms with van der Waals surface area (Å²) in [7, 11) is 0. The van der Waals surface area contributed by atoms with E-state index < -0.39 is 11.7 Å². The van der Waals surface area contributed by atoms with E-state index >= 15 is 0 Å². The third kappa shape index (κ3) is 4.15. The highest BCUT2D eigenvalue weighted by Gasteiger charge is 2.31. The van der Waals surface area contributed by atoms with Crippen molar-refractivity contribution >= 4 is 5.78 Å². The second-order valence-electron chi connectivity index (χ2n) is 6.64. The fourth-order valence-electron chi connectivity index (χ4n) is 3.45. The molecular weight excluding hydrogens is 343 g/mol. The van der Waals surface area contributed by atoms with Crippen LogP contribution in [0.25, 0.3) is 0 Å². The van der Waals surface area contributed by atoms with E-state index in [-0.39, 0.29) is 11.7 Å². The van der Waals surface area contributed by atoms with E-state index in [1.165, 1.54) is 12.1 Å². The Bertz CT molecular complexity index is 752. The molecule has 1 aromatic carbocycles. The predicted octanol–water partition coefficient (Wildman–Crippen LogP) is 4.02. The van der Waals surface area contributed by atoms with Crippen LogP contribution in [-0.2, 0) is 19.3 Å². The van der Waals surface area contributed by atoms with Gasteiger partial charge in [-0.05, 0) is 38.4 Å². The second kappa shape index (κ2) is 7.61. The Balaban J connectivity index is 1.66. The molecule has 3 rings (SSSR count). The van der Waals surface area contributed by atoms with Gasteiger partial charge in [-0.3, -0.25) is 9.69 Å². The van der Waals surface area contributed by atoms with Gasteiger partial charge in [-0.2, -0.15) is 13.2 Å². The van der Waals surface area contributed by atoms with Crippen LogP contribution in [0.5, 0.6) is 0 Å². The second-order valence-corrected chi connectivity index (χ2v) is 6.64. The topological polar surface area (TPSA) is 38.1 Å². The molecule has 1 aliphatic rings. The number of carbonyl (C=O) groups is 1. The Morgan fingerprint density at radius 2 is 2.00 bits per heavy atom. The standard InChI is InChI=1S/C19H22F3N3O/c1-2-25-11-9-23-17(25)13-24-10-3-4-15(12-24)18(26)14-5-7-16(8-6-14)19(20,21)22/h5-9,11,15H,2-4,10,12-13H2,1H3. The van der Waals surface area contributed by atoms with Crippen LogP contribution in [0.1, 0.15) is 41.5 Å². The molecule has 0 N–H and O–H groups in total. The summed E-state index contributed by atoms with van der Waals surface area (Å²) in [5.74, 6) is 0.697. The molecule has 1 atom stereocenters. The van der Waals surface area contributed by atoms with Gasteiger partial charge in [-0.25, -0.2) is 4.98 Å². The fourth-order valence-corrected chi connectivity index (χ4v) is 3.45. The number of carbonyl (C=O) groups excluding carboxylic acids is 1. The largest absolute Gasteiger partial charge is 0.416 e. The number of piperidine rings is 1. The van der Waals surface area contributed by atoms with Crippen molar-refractivity contribution in [3.8, 4) is 0 Å². The predicted molar refractivity (Wildman–Crippen MR) is 91.7 cm³/mol. The van der Waals surface area contributed by atoms with Crippen molar-refractivity contribution in [3.05, 3.63) is 53.6 Å². The molecule has 1 aromatic heterocycles. The zero-order chi connectivity index (χ0) is 18.7. The van der Waals surface area contributed by atoms with Crippen LogP contribution in [0.4, 0.5) is 13.2 Å². The van der Waals surface area contributed by atoms with Gasteiger partial charge in [0.05, 0.1) is 12.1 Å². The van der Waals surface area contributed by atoms with E-state index in [4.69, 9.17) is 0 Å². The number of aromatic nitrogens is 2. The van der Waals surface area contributed by atoms with Crippen LogP contribution < -0.4 is 0 Å². The number of alkyl halides is 3. The van der Waals surface area contributed by atoms with E-state index in [1.807, 2.05) is 6.20 Å². The van der Waals surface area contributed by atoms with E-state index in [0.717, 1.165) is 43.9 Å². The van der Waals surface area contributed by atoms with Gasteiger partial charge in [0.15, 0.2) is 5.78 Å². The third-order valence-corrected chi connectivity index (χ3v) is 4.88. The van der Waals surface area contributed by atoms with Gasteiger partial charge in [-0.1, -0.05) is 12.1 Å². The Kier molecular flexibility index (Phi) is 5.46. The molecule has 0 bridgehead atoms. The molecule has 1 fully saturated rings. The molecule has 140 valence electrons. The van der Waals surface area contributed by atoms with E-state index in [2.05, 4.69) is 21.4 Å². The van der Waals surface area contributed by atoms with Crippen molar-refractivity contribution in [3.63, 3.8) is 0 Å². The number of ketones is 1. The maximum atomic E-state index is 12.7. The molecule has 2 aromatic rings. The van der Waals surface area contributed by atoms with E-state index in [1.54, 1.807) is 6.20 Å². The molecule has 7 heteroatoms. The Morgan fingerprint density at radius 1 is 1.27 bits per heavy atom. The molecule has 1 unspecified atom stereocenters. The highest BCUT2D eigenvalue weighted by molar-refractivity contribution is 5.98. The van der Waals surface area contributed by atoms with Gasteiger partial charge in [-0.15, -0.1) is 0 Å². The number of benzene rings is 1. The van der Waals surface area contributed by atoms with Crippen molar-refractivity contribution in [1.82, 2.24) is 14.5 Å². The number of rotatable bonds is 5. The van der Waals surface area contributed by atoms with Crippen LogP contribution in [0.3, 0.4) is 0 Å². The molecule has 1 saturated heterocycles. The molecule has 0 amide bonds. The third-order valence-electron chi connectivity index (χ3n) is 4.88. The lowest BCUT2D eigenvalue weighted by Gasteiger charge is -2.31. The first-order valence-corrected chi connectivity index (χ1v) is 8.82. The van der Waals surface area contributed by atoms with Gasteiger partial charge >= 0.3 is 6.18 Å². The molecule has 0 saturated carbocycles. The molecule has 0 radical (unpaired) electrons. The molecule has 0 spiro atoms. The van der Waals surface area contributed by atoms with Gasteiger partial charge in [0.25, 0.3) is 0 Å². The molecule has 1 aliphatic heterocycles. The zero-order valence-electron chi connectivity index (χ0n) is 14.7. The summed E-state index contributed by atoms with van der Waals surface area (Å²) in [6, 6.07) is 4.53. The summed E-state index contributed by atoms with van der Waals surface area (Å²) in [5.41, 5.74) is -0.384. The van der Waals surface area contributed by atoms with Crippen LogP contribution >= 0.6 is 0 Å². The smallest absolute Gasteiger partial charge is 0.334 e. The zero-order valence-corrected chi connectivity index (χ0v) is 14.7. The van der Waals surface area contributed by atoms with E-state index in [9.17, 15) is 18.0 Å². The van der Waals surface area contributed by atoms with Crippen molar-refractivity contribution in [2.24, 2.45) is 5.92 Å². The van der Waals surface area contributed by atoms with Crippen molar-refractivity contribution in [2.75, 3.05) is 13.1 Å². The normalized spacial score (nSPS) is 18.8. The summed E-state index contributed by atoms with van der Waals surface area (Å²) >= 11 is 0. The summed E-state index contributed by atoms with van der Waals surface area (Å²) < 4.78 is 40.1. The van der Waals surface area contributed by atoms with Crippen molar-refractivity contribution < 1.29 is 18.0 Å². The number of hydrogen-bond acceptors (Lipinski definition) is 3. The first kappa shape index (κ1) is 18.6. The minimum Gasteiger partial charge on any atom is -0.334 e. The number of halogens is 3. The summed E-state index contributed by atoms with van der Waals surface area (Å²) in [6.45, 7) is 5.08. The number of aryl methyl sites for hydroxylation is 1. The average molecular weight is 365 g/mol. The summed E-state index contributed by atoms with van der Waals surface area (Å²) in [5, 5.41) is 0. The monoisotopic (exact) mass is 365 g/mol. The lowest BCUT2D eigenvalue weighted by molar-refractivity contribution is -0.137. The maximum Gasteiger partial charge on any atom is 0.416 e. The van der Waals surface area contributed by atoms with Gasteiger partial charge < -0.3 is 4.57 Å².